The van der Waals surface area contributed by atoms with E-state index < -0.39 is 0 Å². The molecule has 2 rings (SSSR count). The van der Waals surface area contributed by atoms with Gasteiger partial charge >= 0.3 is 0 Å². The molecule has 1 heterocycles. The van der Waals surface area contributed by atoms with Gasteiger partial charge in [0, 0.05) is 38.3 Å². The van der Waals surface area contributed by atoms with Gasteiger partial charge in [-0.05, 0) is 18.9 Å². The highest BCUT2D eigenvalue weighted by Crippen LogP contribution is 2.11. The molecule has 3 nitrogen and oxygen atoms in total. The number of benzene rings is 1. The maximum Gasteiger partial charge on any atom is 0.0446 e. The fourth-order valence-corrected chi connectivity index (χ4v) is 2.58. The smallest absolute Gasteiger partial charge is 0.0446 e. The van der Waals surface area contributed by atoms with Crippen LogP contribution < -0.4 is 5.32 Å². The number of aliphatic hydroxyl groups excluding tert-OH is 1. The molecule has 0 amide bonds. The zero-order valence-electron chi connectivity index (χ0n) is 10.5. The van der Waals surface area contributed by atoms with Crippen molar-refractivity contribution in [2.75, 3.05) is 19.7 Å². The average Bonchev–Trinajstić information content (AvgIpc) is 2.30. The number of nitrogens with zero attached hydrogens (tertiary/aromatic N) is 1. The van der Waals surface area contributed by atoms with E-state index in [1.54, 1.807) is 0 Å². The molecule has 1 aromatic rings. The van der Waals surface area contributed by atoms with E-state index in [9.17, 15) is 0 Å². The van der Waals surface area contributed by atoms with E-state index in [1.165, 1.54) is 5.56 Å². The number of nitrogens with one attached hydrogen (secondary N) is 1. The van der Waals surface area contributed by atoms with Crippen LogP contribution >= 0.6 is 0 Å². The minimum atomic E-state index is 0.267. The van der Waals surface area contributed by atoms with E-state index >= 15 is 0 Å². The van der Waals surface area contributed by atoms with Crippen LogP contribution in [0.15, 0.2) is 30.3 Å². The van der Waals surface area contributed by atoms with Gasteiger partial charge < -0.3 is 10.4 Å². The summed E-state index contributed by atoms with van der Waals surface area (Å²) in [5.74, 6) is 0. The molecule has 17 heavy (non-hydrogen) atoms. The summed E-state index contributed by atoms with van der Waals surface area (Å²) in [6.07, 6.45) is 0.843. The van der Waals surface area contributed by atoms with Crippen molar-refractivity contribution in [1.29, 1.82) is 0 Å². The average molecular weight is 234 g/mol. The zero-order chi connectivity index (χ0) is 12.1. The van der Waals surface area contributed by atoms with Gasteiger partial charge in [0.2, 0.25) is 0 Å². The molecule has 0 spiro atoms. The normalized spacial score (nSPS) is 26.0. The molecule has 1 aliphatic heterocycles. The van der Waals surface area contributed by atoms with Crippen LogP contribution in [0.2, 0.25) is 0 Å². The van der Waals surface area contributed by atoms with Crippen LogP contribution in [0.3, 0.4) is 0 Å². The van der Waals surface area contributed by atoms with Gasteiger partial charge in [0.25, 0.3) is 0 Å². The van der Waals surface area contributed by atoms with Crippen molar-refractivity contribution in [3.8, 4) is 0 Å². The van der Waals surface area contributed by atoms with Gasteiger partial charge in [0.1, 0.15) is 0 Å². The molecule has 0 bridgehead atoms. The molecule has 2 atom stereocenters. The molecule has 0 radical (unpaired) electrons. The highest BCUT2D eigenvalue weighted by atomic mass is 16.3. The summed E-state index contributed by atoms with van der Waals surface area (Å²) < 4.78 is 0. The Labute approximate surface area is 103 Å². The van der Waals surface area contributed by atoms with Gasteiger partial charge in [-0.3, -0.25) is 4.90 Å². The third kappa shape index (κ3) is 3.80. The summed E-state index contributed by atoms with van der Waals surface area (Å²) in [6.45, 7) is 5.59. The van der Waals surface area contributed by atoms with E-state index in [4.69, 9.17) is 5.11 Å². The van der Waals surface area contributed by atoms with E-state index in [0.29, 0.717) is 12.1 Å². The molecule has 1 fully saturated rings. The van der Waals surface area contributed by atoms with Crippen molar-refractivity contribution < 1.29 is 5.11 Å². The second-order valence-corrected chi connectivity index (χ2v) is 4.96. The quantitative estimate of drug-likeness (QED) is 0.822. The van der Waals surface area contributed by atoms with Crippen LogP contribution in [0, 0.1) is 0 Å². The van der Waals surface area contributed by atoms with Crippen LogP contribution in [0.4, 0.5) is 0 Å². The maximum atomic E-state index is 9.02. The largest absolute Gasteiger partial charge is 0.396 e. The third-order valence-electron chi connectivity index (χ3n) is 3.26. The first-order chi connectivity index (χ1) is 8.28. The van der Waals surface area contributed by atoms with Crippen molar-refractivity contribution in [2.45, 2.75) is 32.0 Å². The predicted octanol–water partition coefficient (Wildman–Crippen LogP) is 1.23. The number of rotatable bonds is 4. The van der Waals surface area contributed by atoms with E-state index in [-0.39, 0.29) is 6.61 Å². The number of hydrogen-bond donors (Lipinski definition) is 2. The highest BCUT2D eigenvalue weighted by molar-refractivity contribution is 5.14. The SMILES string of the molecule is CC1CN(Cc2ccccc2)CC(CCO)N1. The Balaban J connectivity index is 1.92. The second kappa shape index (κ2) is 6.15. The Morgan fingerprint density at radius 1 is 1.29 bits per heavy atom. The minimum Gasteiger partial charge on any atom is -0.396 e. The first kappa shape index (κ1) is 12.6. The van der Waals surface area contributed by atoms with Gasteiger partial charge in [0.15, 0.2) is 0 Å². The molecule has 2 N–H and O–H groups in total. The molecule has 3 heteroatoms. The number of piperazine rings is 1. The molecule has 1 saturated heterocycles. The van der Waals surface area contributed by atoms with E-state index in [2.05, 4.69) is 47.5 Å². The topological polar surface area (TPSA) is 35.5 Å². The molecule has 1 aliphatic rings. The Morgan fingerprint density at radius 3 is 2.76 bits per heavy atom. The second-order valence-electron chi connectivity index (χ2n) is 4.96. The van der Waals surface area contributed by atoms with Crippen molar-refractivity contribution in [3.63, 3.8) is 0 Å². The zero-order valence-corrected chi connectivity index (χ0v) is 10.5. The standard InChI is InChI=1S/C14H22N2O/c1-12-9-16(11-14(15-12)7-8-17)10-13-5-3-2-4-6-13/h2-6,12,14-15,17H,7-11H2,1H3. The summed E-state index contributed by atoms with van der Waals surface area (Å²) in [7, 11) is 0. The van der Waals surface area contributed by atoms with Crippen LogP contribution in [0.1, 0.15) is 18.9 Å². The lowest BCUT2D eigenvalue weighted by Gasteiger charge is -2.37. The third-order valence-corrected chi connectivity index (χ3v) is 3.26. The fourth-order valence-electron chi connectivity index (χ4n) is 2.58. The van der Waals surface area contributed by atoms with Crippen molar-refractivity contribution in [3.05, 3.63) is 35.9 Å². The molecule has 0 aliphatic carbocycles. The van der Waals surface area contributed by atoms with Crippen molar-refractivity contribution in [2.24, 2.45) is 0 Å². The van der Waals surface area contributed by atoms with Crippen LogP contribution in [-0.2, 0) is 6.54 Å². The lowest BCUT2D eigenvalue weighted by atomic mass is 10.1. The van der Waals surface area contributed by atoms with Crippen molar-refractivity contribution in [1.82, 2.24) is 10.2 Å². The summed E-state index contributed by atoms with van der Waals surface area (Å²) in [5, 5.41) is 12.6. The van der Waals surface area contributed by atoms with Gasteiger partial charge in [-0.15, -0.1) is 0 Å². The summed E-state index contributed by atoms with van der Waals surface area (Å²) in [6, 6.07) is 11.5. The number of aliphatic hydroxyl groups is 1. The number of hydrogen-bond acceptors (Lipinski definition) is 3. The van der Waals surface area contributed by atoms with E-state index in [0.717, 1.165) is 26.1 Å². The molecule has 0 aromatic heterocycles. The Morgan fingerprint density at radius 2 is 2.06 bits per heavy atom. The Hall–Kier alpha value is -0.900. The van der Waals surface area contributed by atoms with Gasteiger partial charge in [-0.1, -0.05) is 30.3 Å². The minimum absolute atomic E-state index is 0.267. The fraction of sp³-hybridized carbons (Fsp3) is 0.571. The molecule has 2 unspecified atom stereocenters. The molecule has 1 aromatic carbocycles. The predicted molar refractivity (Wildman–Crippen MR) is 69.8 cm³/mol. The maximum absolute atomic E-state index is 9.02. The monoisotopic (exact) mass is 234 g/mol. The highest BCUT2D eigenvalue weighted by Gasteiger charge is 2.23. The summed E-state index contributed by atoms with van der Waals surface area (Å²) >= 11 is 0. The van der Waals surface area contributed by atoms with Gasteiger partial charge in [-0.2, -0.15) is 0 Å². The van der Waals surface area contributed by atoms with Crippen LogP contribution in [-0.4, -0.2) is 41.8 Å². The molecular weight excluding hydrogens is 212 g/mol. The Bertz CT molecular complexity index is 328. The lowest BCUT2D eigenvalue weighted by Crippen LogP contribution is -2.55. The Kier molecular flexibility index (Phi) is 4.54. The summed E-state index contributed by atoms with van der Waals surface area (Å²) in [4.78, 5) is 2.47. The first-order valence-electron chi connectivity index (χ1n) is 6.41. The van der Waals surface area contributed by atoms with Crippen LogP contribution in [0.5, 0.6) is 0 Å². The lowest BCUT2D eigenvalue weighted by molar-refractivity contribution is 0.141. The van der Waals surface area contributed by atoms with Gasteiger partial charge in [-0.25, -0.2) is 0 Å². The van der Waals surface area contributed by atoms with E-state index in [1.807, 2.05) is 0 Å². The molecular formula is C14H22N2O. The summed E-state index contributed by atoms with van der Waals surface area (Å²) in [5.41, 5.74) is 1.37. The van der Waals surface area contributed by atoms with Gasteiger partial charge in [0.05, 0.1) is 0 Å². The molecule has 0 saturated carbocycles. The van der Waals surface area contributed by atoms with Crippen molar-refractivity contribution >= 4 is 0 Å². The van der Waals surface area contributed by atoms with Crippen LogP contribution in [0.25, 0.3) is 0 Å². The molecule has 94 valence electrons. The first-order valence-corrected chi connectivity index (χ1v) is 6.41.